The van der Waals surface area contributed by atoms with Crippen LogP contribution in [0.15, 0.2) is 6.20 Å². The van der Waals surface area contributed by atoms with Crippen molar-refractivity contribution in [3.63, 3.8) is 0 Å². The summed E-state index contributed by atoms with van der Waals surface area (Å²) in [4.78, 5) is 2.12. The van der Waals surface area contributed by atoms with Crippen molar-refractivity contribution in [2.75, 3.05) is 47.5 Å². The van der Waals surface area contributed by atoms with E-state index in [0.29, 0.717) is 24.8 Å². The lowest BCUT2D eigenvalue weighted by Gasteiger charge is -2.31. The minimum Gasteiger partial charge on any atom is -0.376 e. The molecule has 2 atom stereocenters. The molecule has 1 fully saturated rings. The number of hydrogen-bond donors (Lipinski definition) is 1. The van der Waals surface area contributed by atoms with E-state index in [1.54, 1.807) is 6.20 Å². The number of halogens is 1. The molecule has 0 aromatic carbocycles. The van der Waals surface area contributed by atoms with Gasteiger partial charge >= 0.3 is 0 Å². The number of rotatable bonds is 6. The van der Waals surface area contributed by atoms with Crippen molar-refractivity contribution in [1.29, 1.82) is 0 Å². The smallest absolute Gasteiger partial charge is 0.102 e. The summed E-state index contributed by atoms with van der Waals surface area (Å²) in [7, 11) is 5.99. The van der Waals surface area contributed by atoms with Crippen LogP contribution in [0.4, 0.5) is 0 Å². The number of ether oxygens (including phenoxy) is 2. The van der Waals surface area contributed by atoms with Crippen LogP contribution in [0.5, 0.6) is 0 Å². The molecule has 0 aliphatic carbocycles. The fraction of sp³-hybridized carbons (Fsp3) is 0.769. The van der Waals surface area contributed by atoms with Crippen LogP contribution in [0.25, 0.3) is 0 Å². The molecular weight excluding hydrogens is 280 g/mol. The summed E-state index contributed by atoms with van der Waals surface area (Å²) in [6.07, 6.45) is 1.65. The van der Waals surface area contributed by atoms with Gasteiger partial charge in [-0.2, -0.15) is 5.10 Å². The van der Waals surface area contributed by atoms with E-state index < -0.39 is 0 Å². The lowest BCUT2D eigenvalue weighted by Crippen LogP contribution is -2.40. The van der Waals surface area contributed by atoms with Crippen LogP contribution >= 0.6 is 11.6 Å². The lowest BCUT2D eigenvalue weighted by atomic mass is 10.1. The summed E-state index contributed by atoms with van der Waals surface area (Å²) in [5, 5.41) is 8.32. The van der Waals surface area contributed by atoms with Gasteiger partial charge in [-0.1, -0.05) is 11.6 Å². The van der Waals surface area contributed by atoms with Gasteiger partial charge in [0.15, 0.2) is 0 Å². The molecule has 0 spiro atoms. The fourth-order valence-electron chi connectivity index (χ4n) is 2.35. The second-order valence-corrected chi connectivity index (χ2v) is 5.56. The highest BCUT2D eigenvalue weighted by molar-refractivity contribution is 6.31. The third-order valence-corrected chi connectivity index (χ3v) is 3.70. The highest BCUT2D eigenvalue weighted by atomic mass is 35.5. The molecule has 0 amide bonds. The number of likely N-dealkylation sites (N-methyl/N-ethyl adjacent to an activating group) is 2. The fourth-order valence-corrected chi connectivity index (χ4v) is 2.61. The molecule has 1 N–H and O–H groups in total. The molecule has 7 heteroatoms. The van der Waals surface area contributed by atoms with E-state index in [2.05, 4.69) is 15.3 Å². The molecule has 1 aromatic rings. The van der Waals surface area contributed by atoms with Crippen molar-refractivity contribution in [2.45, 2.75) is 18.7 Å². The Hall–Kier alpha value is -0.660. The first-order chi connectivity index (χ1) is 9.63. The normalized spacial score (nSPS) is 21.4. The van der Waals surface area contributed by atoms with E-state index >= 15 is 0 Å². The van der Waals surface area contributed by atoms with Crippen molar-refractivity contribution in [3.05, 3.63) is 16.9 Å². The maximum absolute atomic E-state index is 6.32. The van der Waals surface area contributed by atoms with Crippen molar-refractivity contribution in [1.82, 2.24) is 20.0 Å². The number of nitrogens with one attached hydrogen (secondary N) is 1. The van der Waals surface area contributed by atoms with Gasteiger partial charge in [-0.25, -0.2) is 0 Å². The maximum atomic E-state index is 6.32. The van der Waals surface area contributed by atoms with Gasteiger partial charge in [-0.05, 0) is 21.1 Å². The molecule has 20 heavy (non-hydrogen) atoms. The Morgan fingerprint density at radius 3 is 2.95 bits per heavy atom. The molecule has 0 saturated carbocycles. The number of nitrogens with zero attached hydrogens (tertiary/aromatic N) is 3. The largest absolute Gasteiger partial charge is 0.376 e. The Bertz CT molecular complexity index is 419. The van der Waals surface area contributed by atoms with Gasteiger partial charge in [-0.15, -0.1) is 0 Å². The lowest BCUT2D eigenvalue weighted by molar-refractivity contribution is -0.102. The minimum atomic E-state index is -0.0407. The van der Waals surface area contributed by atoms with Crippen molar-refractivity contribution in [2.24, 2.45) is 0 Å². The van der Waals surface area contributed by atoms with E-state index in [1.807, 2.05) is 25.8 Å². The Kier molecular flexibility index (Phi) is 5.80. The van der Waals surface area contributed by atoms with Crippen LogP contribution < -0.4 is 5.32 Å². The van der Waals surface area contributed by atoms with Gasteiger partial charge in [-0.3, -0.25) is 4.68 Å². The van der Waals surface area contributed by atoms with Crippen LogP contribution in [0.3, 0.4) is 0 Å². The van der Waals surface area contributed by atoms with Gasteiger partial charge in [0.05, 0.1) is 49.3 Å². The Labute approximate surface area is 125 Å². The topological polar surface area (TPSA) is 51.6 Å². The third-order valence-electron chi connectivity index (χ3n) is 3.41. The standard InChI is InChI=1S/C13H23ClN4O2/c1-15-12(11-9-19-6-7-20-11)13-10(14)8-16-18(13)5-4-17(2)3/h8,11-12,15H,4-7,9H2,1-3H3. The second kappa shape index (κ2) is 7.38. The Balaban J connectivity index is 2.17. The molecule has 1 aliphatic rings. The zero-order valence-corrected chi connectivity index (χ0v) is 13.1. The van der Waals surface area contributed by atoms with Crippen molar-refractivity contribution >= 4 is 11.6 Å². The summed E-state index contributed by atoms with van der Waals surface area (Å²) in [5.74, 6) is 0. The van der Waals surface area contributed by atoms with E-state index in [0.717, 1.165) is 18.8 Å². The number of hydrogen-bond acceptors (Lipinski definition) is 5. The predicted octanol–water partition coefficient (Wildman–Crippen LogP) is 0.774. The van der Waals surface area contributed by atoms with Gasteiger partial charge in [0.2, 0.25) is 0 Å². The quantitative estimate of drug-likeness (QED) is 0.841. The second-order valence-electron chi connectivity index (χ2n) is 5.15. The molecule has 114 valence electrons. The van der Waals surface area contributed by atoms with Crippen LogP contribution in [0, 0.1) is 0 Å². The molecule has 6 nitrogen and oxygen atoms in total. The van der Waals surface area contributed by atoms with Crippen molar-refractivity contribution in [3.8, 4) is 0 Å². The highest BCUT2D eigenvalue weighted by Gasteiger charge is 2.30. The average molecular weight is 303 g/mol. The van der Waals surface area contributed by atoms with Crippen LogP contribution in [0.1, 0.15) is 11.7 Å². The zero-order chi connectivity index (χ0) is 14.5. The van der Waals surface area contributed by atoms with Gasteiger partial charge < -0.3 is 19.7 Å². The molecule has 2 heterocycles. The summed E-state index contributed by atoms with van der Waals surface area (Å²) < 4.78 is 13.2. The van der Waals surface area contributed by atoms with Gasteiger partial charge in [0.1, 0.15) is 6.10 Å². The first-order valence-electron chi connectivity index (χ1n) is 6.86. The summed E-state index contributed by atoms with van der Waals surface area (Å²) in [6.45, 7) is 3.54. The molecule has 1 aromatic heterocycles. The number of aromatic nitrogens is 2. The minimum absolute atomic E-state index is 0.0209. The zero-order valence-electron chi connectivity index (χ0n) is 12.3. The molecular formula is C13H23ClN4O2. The van der Waals surface area contributed by atoms with Crippen LogP contribution in [-0.2, 0) is 16.0 Å². The summed E-state index contributed by atoms with van der Waals surface area (Å²) in [5.41, 5.74) is 0.964. The monoisotopic (exact) mass is 302 g/mol. The SMILES string of the molecule is CNC(c1c(Cl)cnn1CCN(C)C)C1COCCO1. The molecule has 1 saturated heterocycles. The van der Waals surface area contributed by atoms with Crippen LogP contribution in [0.2, 0.25) is 5.02 Å². The Morgan fingerprint density at radius 1 is 1.55 bits per heavy atom. The third kappa shape index (κ3) is 3.71. The average Bonchev–Trinajstić information content (AvgIpc) is 2.80. The van der Waals surface area contributed by atoms with Gasteiger partial charge in [0.25, 0.3) is 0 Å². The van der Waals surface area contributed by atoms with Gasteiger partial charge in [0, 0.05) is 6.54 Å². The summed E-state index contributed by atoms with van der Waals surface area (Å²) in [6, 6.07) is -0.0209. The maximum Gasteiger partial charge on any atom is 0.102 e. The molecule has 0 bridgehead atoms. The highest BCUT2D eigenvalue weighted by Crippen LogP contribution is 2.27. The first kappa shape index (κ1) is 15.7. The summed E-state index contributed by atoms with van der Waals surface area (Å²) >= 11 is 6.32. The van der Waals surface area contributed by atoms with E-state index in [4.69, 9.17) is 21.1 Å². The van der Waals surface area contributed by atoms with E-state index in [-0.39, 0.29) is 12.1 Å². The van der Waals surface area contributed by atoms with E-state index in [1.165, 1.54) is 0 Å². The predicted molar refractivity (Wildman–Crippen MR) is 78.2 cm³/mol. The molecule has 2 unspecified atom stereocenters. The van der Waals surface area contributed by atoms with Crippen molar-refractivity contribution < 1.29 is 9.47 Å². The van der Waals surface area contributed by atoms with E-state index in [9.17, 15) is 0 Å². The Morgan fingerprint density at radius 2 is 2.35 bits per heavy atom. The molecule has 2 rings (SSSR count). The molecule has 0 radical (unpaired) electrons. The first-order valence-corrected chi connectivity index (χ1v) is 7.23. The van der Waals surface area contributed by atoms with Crippen LogP contribution in [-0.4, -0.2) is 68.3 Å². The molecule has 1 aliphatic heterocycles.